The Morgan fingerprint density at radius 1 is 1.00 bits per heavy atom. The summed E-state index contributed by atoms with van der Waals surface area (Å²) in [5.41, 5.74) is 3.20. The fourth-order valence-electron chi connectivity index (χ4n) is 4.29. The van der Waals surface area contributed by atoms with Crippen LogP contribution in [0.5, 0.6) is 0 Å². The molecule has 1 aromatic heterocycles. The summed E-state index contributed by atoms with van der Waals surface area (Å²) in [6.45, 7) is 10.3. The number of carbonyl (C=O) groups excluding carboxylic acids is 2. The number of piperidine rings is 1. The molecule has 1 aromatic carbocycles. The summed E-state index contributed by atoms with van der Waals surface area (Å²) in [6.07, 6.45) is 3.47. The molecule has 0 unspecified atom stereocenters. The van der Waals surface area contributed by atoms with E-state index in [1.807, 2.05) is 62.2 Å². The van der Waals surface area contributed by atoms with Gasteiger partial charge in [-0.05, 0) is 57.4 Å². The van der Waals surface area contributed by atoms with E-state index in [0.29, 0.717) is 51.0 Å². The zero-order valence-electron chi connectivity index (χ0n) is 21.0. The van der Waals surface area contributed by atoms with E-state index in [9.17, 15) is 9.59 Å². The van der Waals surface area contributed by atoms with Gasteiger partial charge in [0.05, 0.1) is 18.9 Å². The van der Waals surface area contributed by atoms with Crippen molar-refractivity contribution in [3.8, 4) is 11.3 Å². The minimum atomic E-state index is -0.465. The number of ether oxygens (including phenoxy) is 2. The molecular weight excluding hydrogens is 444 g/mol. The number of pyridine rings is 1. The predicted octanol–water partition coefficient (Wildman–Crippen LogP) is 3.71. The van der Waals surface area contributed by atoms with Gasteiger partial charge in [-0.2, -0.15) is 0 Å². The molecule has 4 rings (SSSR count). The highest BCUT2D eigenvalue weighted by Crippen LogP contribution is 2.20. The van der Waals surface area contributed by atoms with Crippen molar-refractivity contribution in [1.82, 2.24) is 20.1 Å². The number of amides is 2. The maximum absolute atomic E-state index is 12.6. The van der Waals surface area contributed by atoms with E-state index in [0.717, 1.165) is 36.2 Å². The van der Waals surface area contributed by atoms with Crippen molar-refractivity contribution in [1.29, 1.82) is 0 Å². The molecule has 0 radical (unpaired) electrons. The second kappa shape index (κ2) is 11.2. The standard InChI is InChI=1S/C27H36N4O4/c1-27(2,3)35-26(33)31-12-10-23(11-13-31)28-18-20-4-9-24(29-19-20)21-5-7-22(8-6-21)25(32)30-14-16-34-17-15-30/h4-9,19,23,28H,10-18H2,1-3H3. The third kappa shape index (κ3) is 7.02. The molecule has 3 heterocycles. The van der Waals surface area contributed by atoms with E-state index in [1.165, 1.54) is 0 Å². The molecule has 2 fully saturated rings. The summed E-state index contributed by atoms with van der Waals surface area (Å²) in [7, 11) is 0. The molecule has 0 aliphatic carbocycles. The van der Waals surface area contributed by atoms with Crippen LogP contribution in [0.2, 0.25) is 0 Å². The highest BCUT2D eigenvalue weighted by Gasteiger charge is 2.26. The van der Waals surface area contributed by atoms with Gasteiger partial charge in [-0.25, -0.2) is 4.79 Å². The fourth-order valence-corrected chi connectivity index (χ4v) is 4.29. The Kier molecular flexibility index (Phi) is 8.03. The van der Waals surface area contributed by atoms with E-state index in [4.69, 9.17) is 9.47 Å². The molecule has 0 spiro atoms. The average molecular weight is 481 g/mol. The lowest BCUT2D eigenvalue weighted by Gasteiger charge is -2.33. The Hall–Kier alpha value is -2.97. The number of nitrogens with one attached hydrogen (secondary N) is 1. The van der Waals surface area contributed by atoms with Crippen LogP contribution in [0.25, 0.3) is 11.3 Å². The molecule has 2 aromatic rings. The number of likely N-dealkylation sites (tertiary alicyclic amines) is 1. The second-order valence-corrected chi connectivity index (χ2v) is 10.2. The number of hydrogen-bond acceptors (Lipinski definition) is 6. The number of benzene rings is 1. The van der Waals surface area contributed by atoms with Gasteiger partial charge in [0.25, 0.3) is 5.91 Å². The van der Waals surface area contributed by atoms with Crippen molar-refractivity contribution < 1.29 is 19.1 Å². The van der Waals surface area contributed by atoms with Crippen molar-refractivity contribution in [3.05, 3.63) is 53.7 Å². The first kappa shape index (κ1) is 25.1. The van der Waals surface area contributed by atoms with Crippen LogP contribution in [-0.4, -0.2) is 77.8 Å². The lowest BCUT2D eigenvalue weighted by molar-refractivity contribution is 0.0198. The van der Waals surface area contributed by atoms with Crippen molar-refractivity contribution in [2.24, 2.45) is 0 Å². The van der Waals surface area contributed by atoms with Crippen LogP contribution >= 0.6 is 0 Å². The first-order chi connectivity index (χ1) is 16.8. The molecule has 35 heavy (non-hydrogen) atoms. The molecule has 0 atom stereocenters. The molecular formula is C27H36N4O4. The summed E-state index contributed by atoms with van der Waals surface area (Å²) in [5.74, 6) is 0.0474. The Morgan fingerprint density at radius 3 is 2.29 bits per heavy atom. The largest absolute Gasteiger partial charge is 0.444 e. The summed E-state index contributed by atoms with van der Waals surface area (Å²) >= 11 is 0. The lowest BCUT2D eigenvalue weighted by Crippen LogP contribution is -2.46. The summed E-state index contributed by atoms with van der Waals surface area (Å²) in [6, 6.07) is 12.1. The predicted molar refractivity (Wildman–Crippen MR) is 134 cm³/mol. The molecule has 188 valence electrons. The fraction of sp³-hybridized carbons (Fsp3) is 0.519. The van der Waals surface area contributed by atoms with Crippen LogP contribution in [0.4, 0.5) is 4.79 Å². The van der Waals surface area contributed by atoms with Gasteiger partial charge in [-0.1, -0.05) is 18.2 Å². The van der Waals surface area contributed by atoms with Gasteiger partial charge in [0.2, 0.25) is 0 Å². The van der Waals surface area contributed by atoms with Crippen LogP contribution in [0.15, 0.2) is 42.6 Å². The van der Waals surface area contributed by atoms with Crippen molar-refractivity contribution in [3.63, 3.8) is 0 Å². The first-order valence-electron chi connectivity index (χ1n) is 12.4. The van der Waals surface area contributed by atoms with E-state index in [2.05, 4.69) is 16.4 Å². The normalized spacial score (nSPS) is 17.3. The summed E-state index contributed by atoms with van der Waals surface area (Å²) < 4.78 is 10.8. The van der Waals surface area contributed by atoms with Crippen LogP contribution in [0.3, 0.4) is 0 Å². The molecule has 8 heteroatoms. The highest BCUT2D eigenvalue weighted by atomic mass is 16.6. The van der Waals surface area contributed by atoms with Gasteiger partial charge >= 0.3 is 6.09 Å². The summed E-state index contributed by atoms with van der Waals surface area (Å²) in [4.78, 5) is 33.1. The van der Waals surface area contributed by atoms with Gasteiger partial charge in [0, 0.05) is 56.1 Å². The van der Waals surface area contributed by atoms with Crippen LogP contribution in [0.1, 0.15) is 49.5 Å². The van der Waals surface area contributed by atoms with Gasteiger partial charge in [0.15, 0.2) is 0 Å². The van der Waals surface area contributed by atoms with E-state index < -0.39 is 5.60 Å². The molecule has 0 saturated carbocycles. The smallest absolute Gasteiger partial charge is 0.410 e. The molecule has 8 nitrogen and oxygen atoms in total. The van der Waals surface area contributed by atoms with Crippen LogP contribution < -0.4 is 5.32 Å². The average Bonchev–Trinajstić information content (AvgIpc) is 2.87. The Bertz CT molecular complexity index is 987. The Labute approximate surface area is 207 Å². The Morgan fingerprint density at radius 2 is 1.69 bits per heavy atom. The SMILES string of the molecule is CC(C)(C)OC(=O)N1CCC(NCc2ccc(-c3ccc(C(=O)N4CCOCC4)cc3)nc2)CC1. The number of aromatic nitrogens is 1. The van der Waals surface area contributed by atoms with Crippen molar-refractivity contribution in [2.45, 2.75) is 51.8 Å². The van der Waals surface area contributed by atoms with Gasteiger partial charge in [-0.3, -0.25) is 9.78 Å². The number of carbonyl (C=O) groups is 2. The van der Waals surface area contributed by atoms with Crippen LogP contribution in [0, 0.1) is 0 Å². The van der Waals surface area contributed by atoms with E-state index in [-0.39, 0.29) is 12.0 Å². The molecule has 2 amide bonds. The number of nitrogens with zero attached hydrogens (tertiary/aromatic N) is 3. The zero-order valence-corrected chi connectivity index (χ0v) is 21.0. The van der Waals surface area contributed by atoms with E-state index >= 15 is 0 Å². The number of morpholine rings is 1. The van der Waals surface area contributed by atoms with Gasteiger partial charge in [0.1, 0.15) is 5.60 Å². The highest BCUT2D eigenvalue weighted by molar-refractivity contribution is 5.94. The second-order valence-electron chi connectivity index (χ2n) is 10.2. The molecule has 2 saturated heterocycles. The van der Waals surface area contributed by atoms with Crippen LogP contribution in [-0.2, 0) is 16.0 Å². The summed E-state index contributed by atoms with van der Waals surface area (Å²) in [5, 5.41) is 3.59. The molecule has 2 aliphatic heterocycles. The van der Waals surface area contributed by atoms with Gasteiger partial charge in [-0.15, -0.1) is 0 Å². The number of hydrogen-bond donors (Lipinski definition) is 1. The zero-order chi connectivity index (χ0) is 24.8. The lowest BCUT2D eigenvalue weighted by atomic mass is 10.0. The first-order valence-corrected chi connectivity index (χ1v) is 12.4. The van der Waals surface area contributed by atoms with Crippen molar-refractivity contribution in [2.75, 3.05) is 39.4 Å². The molecule has 0 bridgehead atoms. The minimum absolute atomic E-state index is 0.0474. The van der Waals surface area contributed by atoms with E-state index in [1.54, 1.807) is 4.90 Å². The Balaban J connectivity index is 1.24. The monoisotopic (exact) mass is 480 g/mol. The quantitative estimate of drug-likeness (QED) is 0.702. The third-order valence-corrected chi connectivity index (χ3v) is 6.29. The molecule has 1 N–H and O–H groups in total. The molecule has 2 aliphatic rings. The maximum atomic E-state index is 12.6. The van der Waals surface area contributed by atoms with Gasteiger partial charge < -0.3 is 24.6 Å². The maximum Gasteiger partial charge on any atom is 0.410 e. The number of rotatable bonds is 5. The minimum Gasteiger partial charge on any atom is -0.444 e. The van der Waals surface area contributed by atoms with Crippen molar-refractivity contribution >= 4 is 12.0 Å². The third-order valence-electron chi connectivity index (χ3n) is 6.29. The topological polar surface area (TPSA) is 84.0 Å².